The number of rotatable bonds is 8. The molecule has 3 nitrogen and oxygen atoms in total. The van der Waals surface area contributed by atoms with E-state index >= 15 is 0 Å². The summed E-state index contributed by atoms with van der Waals surface area (Å²) in [4.78, 5) is 0. The van der Waals surface area contributed by atoms with Crippen molar-refractivity contribution in [3.63, 3.8) is 0 Å². The second-order valence-corrected chi connectivity index (χ2v) is 5.09. The van der Waals surface area contributed by atoms with Crippen molar-refractivity contribution in [1.82, 2.24) is 0 Å². The van der Waals surface area contributed by atoms with Crippen LogP contribution < -0.4 is 15.4 Å². The summed E-state index contributed by atoms with van der Waals surface area (Å²) in [6, 6.07) is 16.6. The number of hydrogen-bond donors (Lipinski definition) is 2. The van der Waals surface area contributed by atoms with E-state index in [1.165, 1.54) is 5.56 Å². The summed E-state index contributed by atoms with van der Waals surface area (Å²) in [5, 5.41) is 6.79. The molecule has 0 aliphatic heterocycles. The molecule has 0 aliphatic carbocycles. The van der Waals surface area contributed by atoms with Gasteiger partial charge in [-0.1, -0.05) is 24.6 Å². The van der Waals surface area contributed by atoms with E-state index in [0.717, 1.165) is 43.2 Å². The van der Waals surface area contributed by atoms with Crippen LogP contribution in [-0.2, 0) is 0 Å². The molecule has 0 radical (unpaired) electrons. The minimum Gasteiger partial charge on any atom is -0.494 e. The molecule has 0 saturated heterocycles. The van der Waals surface area contributed by atoms with Crippen LogP contribution in [0.25, 0.3) is 0 Å². The van der Waals surface area contributed by atoms with E-state index in [2.05, 4.69) is 60.9 Å². The van der Waals surface area contributed by atoms with Gasteiger partial charge in [-0.15, -0.1) is 0 Å². The molecule has 0 aromatic heterocycles. The Morgan fingerprint density at radius 3 is 1.86 bits per heavy atom. The third-order valence-electron chi connectivity index (χ3n) is 3.16. The topological polar surface area (TPSA) is 33.3 Å². The zero-order valence-electron chi connectivity index (χ0n) is 12.9. The van der Waals surface area contributed by atoms with E-state index in [0.29, 0.717) is 0 Å². The lowest BCUT2D eigenvalue weighted by Gasteiger charge is -2.10. The summed E-state index contributed by atoms with van der Waals surface area (Å²) in [5.74, 6) is 0.931. The van der Waals surface area contributed by atoms with Gasteiger partial charge in [-0.3, -0.25) is 0 Å². The van der Waals surface area contributed by atoms with Crippen LogP contribution in [0.5, 0.6) is 5.75 Å². The molecule has 2 aromatic carbocycles. The first-order chi connectivity index (χ1) is 10.3. The second kappa shape index (κ2) is 8.20. The molecule has 0 aliphatic rings. The average molecular weight is 284 g/mol. The molecule has 0 heterocycles. The summed E-state index contributed by atoms with van der Waals surface area (Å²) in [6.45, 7) is 6.74. The maximum absolute atomic E-state index is 5.56. The van der Waals surface area contributed by atoms with Gasteiger partial charge in [-0.05, 0) is 49.7 Å². The van der Waals surface area contributed by atoms with Gasteiger partial charge in [0.25, 0.3) is 0 Å². The Bertz CT molecular complexity index is 520. The highest BCUT2D eigenvalue weighted by molar-refractivity contribution is 5.47. The van der Waals surface area contributed by atoms with Crippen LogP contribution >= 0.6 is 0 Å². The Labute approximate surface area is 127 Å². The summed E-state index contributed by atoms with van der Waals surface area (Å²) in [6.07, 6.45) is 1.03. The van der Waals surface area contributed by atoms with Crippen molar-refractivity contribution in [2.45, 2.75) is 20.3 Å². The lowest BCUT2D eigenvalue weighted by molar-refractivity contribution is 0.317. The number of ether oxygens (including phenoxy) is 1. The lowest BCUT2D eigenvalue weighted by atomic mass is 10.2. The van der Waals surface area contributed by atoms with Crippen LogP contribution in [0, 0.1) is 6.92 Å². The van der Waals surface area contributed by atoms with Gasteiger partial charge < -0.3 is 15.4 Å². The van der Waals surface area contributed by atoms with Gasteiger partial charge >= 0.3 is 0 Å². The molecule has 0 spiro atoms. The van der Waals surface area contributed by atoms with Crippen LogP contribution in [0.4, 0.5) is 11.4 Å². The van der Waals surface area contributed by atoms with E-state index in [1.807, 2.05) is 12.1 Å². The van der Waals surface area contributed by atoms with Gasteiger partial charge in [0.1, 0.15) is 5.75 Å². The zero-order chi connectivity index (χ0) is 14.9. The molecule has 2 N–H and O–H groups in total. The number of hydrogen-bond acceptors (Lipinski definition) is 3. The van der Waals surface area contributed by atoms with E-state index in [9.17, 15) is 0 Å². The van der Waals surface area contributed by atoms with Crippen LogP contribution in [0.3, 0.4) is 0 Å². The zero-order valence-corrected chi connectivity index (χ0v) is 12.9. The van der Waals surface area contributed by atoms with Crippen molar-refractivity contribution in [1.29, 1.82) is 0 Å². The molecule has 21 heavy (non-hydrogen) atoms. The van der Waals surface area contributed by atoms with Gasteiger partial charge in [0, 0.05) is 24.5 Å². The normalized spacial score (nSPS) is 10.2. The predicted octanol–water partition coefficient (Wildman–Crippen LogP) is 4.31. The number of aryl methyl sites for hydroxylation is 1. The standard InChI is InChI=1S/C18H24N2O/c1-3-14-21-18-10-8-17(9-11-18)20-13-12-19-16-6-4-15(2)5-7-16/h4-11,19-20H,3,12-14H2,1-2H3. The fourth-order valence-electron chi connectivity index (χ4n) is 1.97. The second-order valence-electron chi connectivity index (χ2n) is 5.09. The fraction of sp³-hybridized carbons (Fsp3) is 0.333. The summed E-state index contributed by atoms with van der Waals surface area (Å²) < 4.78 is 5.56. The first kappa shape index (κ1) is 15.2. The molecular weight excluding hydrogens is 260 g/mol. The highest BCUT2D eigenvalue weighted by atomic mass is 16.5. The van der Waals surface area contributed by atoms with Crippen molar-refractivity contribution in [2.24, 2.45) is 0 Å². The molecular formula is C18H24N2O. The Hall–Kier alpha value is -2.16. The minimum atomic E-state index is 0.771. The Morgan fingerprint density at radius 2 is 1.33 bits per heavy atom. The summed E-state index contributed by atoms with van der Waals surface area (Å²) in [5.41, 5.74) is 3.55. The number of benzene rings is 2. The van der Waals surface area contributed by atoms with Crippen molar-refractivity contribution in [3.8, 4) is 5.75 Å². The average Bonchev–Trinajstić information content (AvgIpc) is 2.52. The van der Waals surface area contributed by atoms with Gasteiger partial charge in [-0.2, -0.15) is 0 Å². The molecule has 2 rings (SSSR count). The van der Waals surface area contributed by atoms with E-state index < -0.39 is 0 Å². The van der Waals surface area contributed by atoms with Crippen molar-refractivity contribution >= 4 is 11.4 Å². The van der Waals surface area contributed by atoms with Crippen LogP contribution in [0.1, 0.15) is 18.9 Å². The van der Waals surface area contributed by atoms with Gasteiger partial charge in [0.05, 0.1) is 6.61 Å². The fourth-order valence-corrected chi connectivity index (χ4v) is 1.97. The quantitative estimate of drug-likeness (QED) is 0.709. The molecule has 0 atom stereocenters. The lowest BCUT2D eigenvalue weighted by Crippen LogP contribution is -2.13. The molecule has 112 valence electrons. The molecule has 0 saturated carbocycles. The van der Waals surface area contributed by atoms with Crippen LogP contribution in [0.2, 0.25) is 0 Å². The summed E-state index contributed by atoms with van der Waals surface area (Å²) >= 11 is 0. The minimum absolute atomic E-state index is 0.771. The van der Waals surface area contributed by atoms with Gasteiger partial charge in [0.15, 0.2) is 0 Å². The smallest absolute Gasteiger partial charge is 0.119 e. The van der Waals surface area contributed by atoms with Gasteiger partial charge in [-0.25, -0.2) is 0 Å². The third kappa shape index (κ3) is 5.38. The maximum Gasteiger partial charge on any atom is 0.119 e. The number of anilines is 2. The molecule has 3 heteroatoms. The van der Waals surface area contributed by atoms with Crippen molar-refractivity contribution < 1.29 is 4.74 Å². The van der Waals surface area contributed by atoms with Crippen molar-refractivity contribution in [3.05, 3.63) is 54.1 Å². The highest BCUT2D eigenvalue weighted by Crippen LogP contribution is 2.15. The number of nitrogens with one attached hydrogen (secondary N) is 2. The highest BCUT2D eigenvalue weighted by Gasteiger charge is 1.95. The molecule has 0 bridgehead atoms. The summed E-state index contributed by atoms with van der Waals surface area (Å²) in [7, 11) is 0. The molecule has 0 fully saturated rings. The van der Waals surface area contributed by atoms with Gasteiger partial charge in [0.2, 0.25) is 0 Å². The van der Waals surface area contributed by atoms with Crippen LogP contribution in [-0.4, -0.2) is 19.7 Å². The molecule has 0 amide bonds. The Balaban J connectivity index is 1.69. The largest absolute Gasteiger partial charge is 0.494 e. The Morgan fingerprint density at radius 1 is 0.810 bits per heavy atom. The Kier molecular flexibility index (Phi) is 5.95. The maximum atomic E-state index is 5.56. The SMILES string of the molecule is CCCOc1ccc(NCCNc2ccc(C)cc2)cc1. The van der Waals surface area contributed by atoms with E-state index in [-0.39, 0.29) is 0 Å². The first-order valence-corrected chi connectivity index (χ1v) is 7.55. The first-order valence-electron chi connectivity index (χ1n) is 7.55. The van der Waals surface area contributed by atoms with Crippen LogP contribution in [0.15, 0.2) is 48.5 Å². The third-order valence-corrected chi connectivity index (χ3v) is 3.16. The van der Waals surface area contributed by atoms with E-state index in [1.54, 1.807) is 0 Å². The molecule has 0 unspecified atom stereocenters. The monoisotopic (exact) mass is 284 g/mol. The predicted molar refractivity (Wildman–Crippen MR) is 90.4 cm³/mol. The van der Waals surface area contributed by atoms with E-state index in [4.69, 9.17) is 4.74 Å². The molecule has 2 aromatic rings. The van der Waals surface area contributed by atoms with Crippen molar-refractivity contribution in [2.75, 3.05) is 30.3 Å².